The van der Waals surface area contributed by atoms with Crippen molar-refractivity contribution in [2.45, 2.75) is 32.6 Å². The normalized spacial score (nSPS) is 13.4. The van der Waals surface area contributed by atoms with Crippen LogP contribution in [0.15, 0.2) is 12.4 Å². The Morgan fingerprint density at radius 1 is 1.70 bits per heavy atom. The fraction of sp³-hybridized carbons (Fsp3) is 0.625. The Kier molecular flexibility index (Phi) is 2.49. The van der Waals surface area contributed by atoms with E-state index in [0.29, 0.717) is 5.92 Å². The van der Waals surface area contributed by atoms with E-state index >= 15 is 0 Å². The Balaban J connectivity index is 2.50. The van der Waals surface area contributed by atoms with Gasteiger partial charge in [0.05, 0.1) is 0 Å². The summed E-state index contributed by atoms with van der Waals surface area (Å²) in [7, 11) is 0. The maximum absolute atomic E-state index is 4.18. The first-order valence-corrected chi connectivity index (χ1v) is 3.84. The van der Waals surface area contributed by atoms with E-state index in [9.17, 15) is 0 Å². The van der Waals surface area contributed by atoms with Crippen molar-refractivity contribution in [2.24, 2.45) is 0 Å². The lowest BCUT2D eigenvalue weighted by atomic mass is 10.1. The second-order valence-electron chi connectivity index (χ2n) is 2.66. The highest BCUT2D eigenvalue weighted by Crippen LogP contribution is 2.15. The highest BCUT2D eigenvalue weighted by Gasteiger charge is 2.04. The Hall–Kier alpha value is -0.790. The van der Waals surface area contributed by atoms with Gasteiger partial charge >= 0.3 is 0 Å². The van der Waals surface area contributed by atoms with Gasteiger partial charge in [0.2, 0.25) is 0 Å². The lowest BCUT2D eigenvalue weighted by Gasteiger charge is -2.04. The molecule has 0 aliphatic rings. The molecule has 0 radical (unpaired) electrons. The van der Waals surface area contributed by atoms with Gasteiger partial charge in [-0.2, -0.15) is 0 Å². The minimum Gasteiger partial charge on any atom is -0.348 e. The number of hydrogen-bond donors (Lipinski definition) is 1. The maximum Gasteiger partial charge on any atom is 0.108 e. The highest BCUT2D eigenvalue weighted by molar-refractivity contribution is 4.94. The molecule has 0 saturated carbocycles. The summed E-state index contributed by atoms with van der Waals surface area (Å²) < 4.78 is 0. The molecule has 1 atom stereocenters. The first-order valence-electron chi connectivity index (χ1n) is 3.84. The van der Waals surface area contributed by atoms with Crippen LogP contribution in [0.3, 0.4) is 0 Å². The first-order chi connectivity index (χ1) is 4.84. The topological polar surface area (TPSA) is 28.7 Å². The SMILES string of the molecule is CCCC(C)c1ncc[nH]1. The third kappa shape index (κ3) is 1.59. The lowest BCUT2D eigenvalue weighted by molar-refractivity contribution is 0.634. The number of nitrogens with one attached hydrogen (secondary N) is 1. The third-order valence-corrected chi connectivity index (χ3v) is 1.71. The molecule has 0 fully saturated rings. The average molecular weight is 138 g/mol. The molecular weight excluding hydrogens is 124 g/mol. The molecule has 1 heterocycles. The van der Waals surface area contributed by atoms with Crippen molar-refractivity contribution in [2.75, 3.05) is 0 Å². The van der Waals surface area contributed by atoms with E-state index < -0.39 is 0 Å². The van der Waals surface area contributed by atoms with Gasteiger partial charge in [0.1, 0.15) is 5.82 Å². The van der Waals surface area contributed by atoms with Crippen LogP contribution in [0.25, 0.3) is 0 Å². The predicted molar refractivity (Wildman–Crippen MR) is 41.9 cm³/mol. The molecule has 1 rings (SSSR count). The number of imidazole rings is 1. The number of aromatic amines is 1. The molecule has 0 bridgehead atoms. The van der Waals surface area contributed by atoms with E-state index in [0.717, 1.165) is 5.82 Å². The van der Waals surface area contributed by atoms with Crippen molar-refractivity contribution in [3.63, 3.8) is 0 Å². The molecule has 0 aliphatic heterocycles. The minimum atomic E-state index is 0.583. The predicted octanol–water partition coefficient (Wildman–Crippen LogP) is 2.31. The van der Waals surface area contributed by atoms with Gasteiger partial charge in [-0.15, -0.1) is 0 Å². The van der Waals surface area contributed by atoms with Gasteiger partial charge in [-0.25, -0.2) is 4.98 Å². The molecule has 1 unspecified atom stereocenters. The van der Waals surface area contributed by atoms with Gasteiger partial charge in [-0.05, 0) is 6.42 Å². The van der Waals surface area contributed by atoms with E-state index in [1.165, 1.54) is 12.8 Å². The monoisotopic (exact) mass is 138 g/mol. The summed E-state index contributed by atoms with van der Waals surface area (Å²) in [6, 6.07) is 0. The molecule has 56 valence electrons. The molecule has 2 nitrogen and oxygen atoms in total. The smallest absolute Gasteiger partial charge is 0.108 e. The molecule has 1 aromatic rings. The Bertz CT molecular complexity index is 167. The standard InChI is InChI=1S/C8H14N2/c1-3-4-7(2)8-9-5-6-10-8/h5-7H,3-4H2,1-2H3,(H,9,10). The van der Waals surface area contributed by atoms with Crippen molar-refractivity contribution < 1.29 is 0 Å². The molecule has 0 saturated heterocycles. The molecule has 0 aromatic carbocycles. The van der Waals surface area contributed by atoms with E-state index in [-0.39, 0.29) is 0 Å². The summed E-state index contributed by atoms with van der Waals surface area (Å²) >= 11 is 0. The van der Waals surface area contributed by atoms with Gasteiger partial charge in [0.15, 0.2) is 0 Å². The molecule has 0 aliphatic carbocycles. The van der Waals surface area contributed by atoms with Crippen LogP contribution in [0.1, 0.15) is 38.4 Å². The average Bonchev–Trinajstić information content (AvgIpc) is 2.38. The summed E-state index contributed by atoms with van der Waals surface area (Å²) in [5, 5.41) is 0. The van der Waals surface area contributed by atoms with Crippen LogP contribution in [0.5, 0.6) is 0 Å². The Morgan fingerprint density at radius 2 is 2.50 bits per heavy atom. The van der Waals surface area contributed by atoms with Crippen LogP contribution in [0.4, 0.5) is 0 Å². The molecule has 0 amide bonds. The van der Waals surface area contributed by atoms with Crippen molar-refractivity contribution >= 4 is 0 Å². The molecule has 1 N–H and O–H groups in total. The number of hydrogen-bond acceptors (Lipinski definition) is 1. The van der Waals surface area contributed by atoms with Crippen LogP contribution in [-0.4, -0.2) is 9.97 Å². The second-order valence-corrected chi connectivity index (χ2v) is 2.66. The number of aromatic nitrogens is 2. The van der Waals surface area contributed by atoms with Crippen molar-refractivity contribution in [3.8, 4) is 0 Å². The fourth-order valence-corrected chi connectivity index (χ4v) is 1.12. The van der Waals surface area contributed by atoms with Crippen LogP contribution in [-0.2, 0) is 0 Å². The molecule has 2 heteroatoms. The first kappa shape index (κ1) is 7.32. The number of rotatable bonds is 3. The minimum absolute atomic E-state index is 0.583. The van der Waals surface area contributed by atoms with Crippen molar-refractivity contribution in [1.82, 2.24) is 9.97 Å². The lowest BCUT2D eigenvalue weighted by Crippen LogP contribution is -1.94. The quantitative estimate of drug-likeness (QED) is 0.682. The Morgan fingerprint density at radius 3 is 3.00 bits per heavy atom. The fourth-order valence-electron chi connectivity index (χ4n) is 1.12. The van der Waals surface area contributed by atoms with Crippen LogP contribution in [0, 0.1) is 0 Å². The van der Waals surface area contributed by atoms with Gasteiger partial charge in [-0.1, -0.05) is 20.3 Å². The zero-order valence-corrected chi connectivity index (χ0v) is 6.59. The zero-order chi connectivity index (χ0) is 7.40. The molecule has 0 spiro atoms. The summed E-state index contributed by atoms with van der Waals surface area (Å²) in [5.74, 6) is 1.70. The molecular formula is C8H14N2. The largest absolute Gasteiger partial charge is 0.348 e. The van der Waals surface area contributed by atoms with Gasteiger partial charge in [0, 0.05) is 18.3 Å². The van der Waals surface area contributed by atoms with Gasteiger partial charge in [0.25, 0.3) is 0 Å². The van der Waals surface area contributed by atoms with E-state index in [4.69, 9.17) is 0 Å². The van der Waals surface area contributed by atoms with Gasteiger partial charge in [-0.3, -0.25) is 0 Å². The van der Waals surface area contributed by atoms with Crippen molar-refractivity contribution in [3.05, 3.63) is 18.2 Å². The molecule has 1 aromatic heterocycles. The molecule has 10 heavy (non-hydrogen) atoms. The van der Waals surface area contributed by atoms with Crippen molar-refractivity contribution in [1.29, 1.82) is 0 Å². The zero-order valence-electron chi connectivity index (χ0n) is 6.59. The van der Waals surface area contributed by atoms with Crippen LogP contribution in [0.2, 0.25) is 0 Å². The summed E-state index contributed by atoms with van der Waals surface area (Å²) in [6.07, 6.45) is 6.12. The summed E-state index contributed by atoms with van der Waals surface area (Å²) in [6.45, 7) is 4.39. The Labute approximate surface area is 61.7 Å². The second kappa shape index (κ2) is 3.40. The van der Waals surface area contributed by atoms with E-state index in [2.05, 4.69) is 23.8 Å². The van der Waals surface area contributed by atoms with E-state index in [1.807, 2.05) is 12.4 Å². The summed E-state index contributed by atoms with van der Waals surface area (Å²) in [4.78, 5) is 7.29. The van der Waals surface area contributed by atoms with Crippen LogP contribution >= 0.6 is 0 Å². The van der Waals surface area contributed by atoms with Crippen LogP contribution < -0.4 is 0 Å². The number of nitrogens with zero attached hydrogens (tertiary/aromatic N) is 1. The third-order valence-electron chi connectivity index (χ3n) is 1.71. The highest BCUT2D eigenvalue weighted by atomic mass is 14.9. The van der Waals surface area contributed by atoms with E-state index in [1.54, 1.807) is 0 Å². The van der Waals surface area contributed by atoms with Gasteiger partial charge < -0.3 is 4.98 Å². The summed E-state index contributed by atoms with van der Waals surface area (Å²) in [5.41, 5.74) is 0. The number of H-pyrrole nitrogens is 1. The maximum atomic E-state index is 4.18.